The molecule has 0 bridgehead atoms. The quantitative estimate of drug-likeness (QED) is 0.905. The minimum absolute atomic E-state index is 0.432. The summed E-state index contributed by atoms with van der Waals surface area (Å²) in [6, 6.07) is 7.11. The number of nitrogens with zero attached hydrogens (tertiary/aromatic N) is 2. The van der Waals surface area contributed by atoms with Crippen molar-refractivity contribution < 1.29 is 0 Å². The average molecular weight is 269 g/mol. The fourth-order valence-corrected chi connectivity index (χ4v) is 3.19. The Morgan fingerprint density at radius 2 is 2.00 bits per heavy atom. The highest BCUT2D eigenvalue weighted by Gasteiger charge is 2.24. The van der Waals surface area contributed by atoms with Gasteiger partial charge in [0.05, 0.1) is 17.4 Å². The molecule has 1 aromatic heterocycles. The molecule has 0 aliphatic carbocycles. The first-order valence-corrected chi connectivity index (χ1v) is 7.42. The lowest BCUT2D eigenvalue weighted by Crippen LogP contribution is -2.14. The van der Waals surface area contributed by atoms with Crippen molar-refractivity contribution in [3.8, 4) is 11.3 Å². The van der Waals surface area contributed by atoms with Gasteiger partial charge in [0.25, 0.3) is 0 Å². The summed E-state index contributed by atoms with van der Waals surface area (Å²) < 4.78 is 2.04. The number of aryl methyl sites for hydroxylation is 3. The summed E-state index contributed by atoms with van der Waals surface area (Å²) in [5, 5.41) is 8.33. The Kier molecular flexibility index (Phi) is 3.38. The third kappa shape index (κ3) is 2.16. The molecule has 1 unspecified atom stereocenters. The third-order valence-corrected chi connectivity index (χ3v) is 4.49. The van der Waals surface area contributed by atoms with E-state index in [2.05, 4.69) is 51.3 Å². The van der Waals surface area contributed by atoms with Gasteiger partial charge < -0.3 is 5.32 Å². The van der Waals surface area contributed by atoms with E-state index in [0.717, 1.165) is 6.54 Å². The van der Waals surface area contributed by atoms with Crippen molar-refractivity contribution in [1.29, 1.82) is 0 Å². The molecule has 1 fully saturated rings. The normalized spacial score (nSPS) is 18.7. The van der Waals surface area contributed by atoms with E-state index in [1.54, 1.807) is 0 Å². The molecule has 1 aliphatic heterocycles. The molecule has 3 rings (SSSR count). The van der Waals surface area contributed by atoms with Crippen LogP contribution in [0.4, 0.5) is 0 Å². The van der Waals surface area contributed by atoms with E-state index < -0.39 is 0 Å². The van der Waals surface area contributed by atoms with E-state index in [4.69, 9.17) is 5.10 Å². The summed E-state index contributed by atoms with van der Waals surface area (Å²) in [6.45, 7) is 7.64. The van der Waals surface area contributed by atoms with Gasteiger partial charge in [0.1, 0.15) is 0 Å². The second-order valence-corrected chi connectivity index (χ2v) is 5.93. The smallest absolute Gasteiger partial charge is 0.0829 e. The monoisotopic (exact) mass is 269 g/mol. The molecule has 0 radical (unpaired) electrons. The van der Waals surface area contributed by atoms with Gasteiger partial charge in [0.15, 0.2) is 0 Å². The lowest BCUT2D eigenvalue weighted by Gasteiger charge is -2.09. The molecule has 20 heavy (non-hydrogen) atoms. The molecular weight excluding hydrogens is 246 g/mol. The number of rotatable bonds is 2. The molecule has 3 heteroatoms. The van der Waals surface area contributed by atoms with Gasteiger partial charge >= 0.3 is 0 Å². The van der Waals surface area contributed by atoms with E-state index in [-0.39, 0.29) is 0 Å². The first kappa shape index (κ1) is 13.4. The fraction of sp³-hybridized carbons (Fsp3) is 0.471. The summed E-state index contributed by atoms with van der Waals surface area (Å²) in [5.74, 6) is 0. The second kappa shape index (κ2) is 5.06. The van der Waals surface area contributed by atoms with Crippen LogP contribution in [0.25, 0.3) is 11.3 Å². The molecule has 106 valence electrons. The Bertz CT molecular complexity index is 634. The van der Waals surface area contributed by atoms with E-state index in [1.165, 1.54) is 46.5 Å². The zero-order chi connectivity index (χ0) is 14.3. The molecule has 1 aromatic carbocycles. The SMILES string of the molecule is Cc1ccc(-c2c(C)c(C3CCCN3)nn2C)cc1C. The van der Waals surface area contributed by atoms with Crippen molar-refractivity contribution in [2.75, 3.05) is 6.54 Å². The van der Waals surface area contributed by atoms with Crippen LogP contribution < -0.4 is 5.32 Å². The molecule has 2 aromatic rings. The van der Waals surface area contributed by atoms with Crippen LogP contribution in [0.2, 0.25) is 0 Å². The molecule has 0 amide bonds. The largest absolute Gasteiger partial charge is 0.309 e. The molecule has 0 saturated carbocycles. The van der Waals surface area contributed by atoms with Crippen molar-refractivity contribution in [2.24, 2.45) is 7.05 Å². The first-order valence-electron chi connectivity index (χ1n) is 7.42. The van der Waals surface area contributed by atoms with Crippen LogP contribution in [0, 0.1) is 20.8 Å². The van der Waals surface area contributed by atoms with Crippen molar-refractivity contribution in [2.45, 2.75) is 39.7 Å². The zero-order valence-corrected chi connectivity index (χ0v) is 12.8. The van der Waals surface area contributed by atoms with Crippen molar-refractivity contribution in [3.63, 3.8) is 0 Å². The van der Waals surface area contributed by atoms with E-state index in [0.29, 0.717) is 6.04 Å². The zero-order valence-electron chi connectivity index (χ0n) is 12.8. The van der Waals surface area contributed by atoms with Gasteiger partial charge in [-0.2, -0.15) is 5.10 Å². The van der Waals surface area contributed by atoms with Gasteiger partial charge in [-0.15, -0.1) is 0 Å². The summed E-state index contributed by atoms with van der Waals surface area (Å²) in [5.41, 5.74) is 7.73. The van der Waals surface area contributed by atoms with E-state index >= 15 is 0 Å². The number of hydrogen-bond donors (Lipinski definition) is 1. The van der Waals surface area contributed by atoms with Gasteiger partial charge in [-0.05, 0) is 62.9 Å². The van der Waals surface area contributed by atoms with Crippen LogP contribution in [0.1, 0.15) is 41.3 Å². The fourth-order valence-electron chi connectivity index (χ4n) is 3.19. The van der Waals surface area contributed by atoms with Crippen LogP contribution >= 0.6 is 0 Å². The van der Waals surface area contributed by atoms with Gasteiger partial charge in [-0.1, -0.05) is 12.1 Å². The Morgan fingerprint density at radius 1 is 1.20 bits per heavy atom. The molecule has 1 N–H and O–H groups in total. The van der Waals surface area contributed by atoms with Crippen LogP contribution in [-0.2, 0) is 7.05 Å². The molecule has 0 spiro atoms. The highest BCUT2D eigenvalue weighted by atomic mass is 15.3. The summed E-state index contributed by atoms with van der Waals surface area (Å²) in [7, 11) is 2.05. The summed E-state index contributed by atoms with van der Waals surface area (Å²) in [4.78, 5) is 0. The highest BCUT2D eigenvalue weighted by Crippen LogP contribution is 2.32. The molecule has 1 aliphatic rings. The lowest BCUT2D eigenvalue weighted by atomic mass is 9.99. The third-order valence-electron chi connectivity index (χ3n) is 4.49. The van der Waals surface area contributed by atoms with E-state index in [9.17, 15) is 0 Å². The van der Waals surface area contributed by atoms with Crippen molar-refractivity contribution in [3.05, 3.63) is 40.6 Å². The van der Waals surface area contributed by atoms with Gasteiger partial charge in [0, 0.05) is 12.6 Å². The van der Waals surface area contributed by atoms with Crippen molar-refractivity contribution in [1.82, 2.24) is 15.1 Å². The second-order valence-electron chi connectivity index (χ2n) is 5.93. The van der Waals surface area contributed by atoms with Gasteiger partial charge in [-0.3, -0.25) is 4.68 Å². The molecular formula is C17H23N3. The van der Waals surface area contributed by atoms with Gasteiger partial charge in [0.2, 0.25) is 0 Å². The predicted molar refractivity (Wildman–Crippen MR) is 82.8 cm³/mol. The Morgan fingerprint density at radius 3 is 2.65 bits per heavy atom. The maximum atomic E-state index is 4.77. The molecule has 1 saturated heterocycles. The highest BCUT2D eigenvalue weighted by molar-refractivity contribution is 5.66. The van der Waals surface area contributed by atoms with Gasteiger partial charge in [-0.25, -0.2) is 0 Å². The van der Waals surface area contributed by atoms with Crippen LogP contribution in [0.5, 0.6) is 0 Å². The minimum atomic E-state index is 0.432. The summed E-state index contributed by atoms with van der Waals surface area (Å²) >= 11 is 0. The first-order chi connectivity index (χ1) is 9.58. The predicted octanol–water partition coefficient (Wildman–Crippen LogP) is 3.44. The van der Waals surface area contributed by atoms with E-state index in [1.807, 2.05) is 4.68 Å². The van der Waals surface area contributed by atoms with Crippen molar-refractivity contribution >= 4 is 0 Å². The number of hydrogen-bond acceptors (Lipinski definition) is 2. The van der Waals surface area contributed by atoms with Crippen LogP contribution in [0.15, 0.2) is 18.2 Å². The molecule has 1 atom stereocenters. The number of benzene rings is 1. The maximum Gasteiger partial charge on any atom is 0.0829 e. The van der Waals surface area contributed by atoms with Crippen LogP contribution in [-0.4, -0.2) is 16.3 Å². The topological polar surface area (TPSA) is 29.9 Å². The Hall–Kier alpha value is -1.61. The standard InChI is InChI=1S/C17H23N3/c1-11-7-8-14(10-12(11)2)17-13(3)16(19-20(17)4)15-6-5-9-18-15/h7-8,10,15,18H,5-6,9H2,1-4H3. The average Bonchev–Trinajstić information content (AvgIpc) is 3.02. The number of aromatic nitrogens is 2. The van der Waals surface area contributed by atoms with Crippen LogP contribution in [0.3, 0.4) is 0 Å². The Balaban J connectivity index is 2.07. The lowest BCUT2D eigenvalue weighted by molar-refractivity contribution is 0.605. The minimum Gasteiger partial charge on any atom is -0.309 e. The maximum absolute atomic E-state index is 4.77. The summed E-state index contributed by atoms with van der Waals surface area (Å²) in [6.07, 6.45) is 2.45. The number of nitrogens with one attached hydrogen (secondary N) is 1. The Labute approximate surface area is 121 Å². The molecule has 2 heterocycles. The molecule has 3 nitrogen and oxygen atoms in total.